The second-order valence-corrected chi connectivity index (χ2v) is 14.2. The first kappa shape index (κ1) is 33.1. The van der Waals surface area contributed by atoms with Gasteiger partial charge in [0.25, 0.3) is 0 Å². The molecule has 1 heteroatoms. The fourth-order valence-electron chi connectivity index (χ4n) is 8.67. The fourth-order valence-corrected chi connectivity index (χ4v) is 8.67. The van der Waals surface area contributed by atoms with Crippen LogP contribution in [0, 0.1) is 23.2 Å². The summed E-state index contributed by atoms with van der Waals surface area (Å²) in [5, 5.41) is 0. The largest absolute Gasteiger partial charge is 0.492 e. The lowest BCUT2D eigenvalue weighted by Crippen LogP contribution is -2.27. The van der Waals surface area contributed by atoms with Crippen molar-refractivity contribution >= 4 is 0 Å². The van der Waals surface area contributed by atoms with Crippen molar-refractivity contribution in [2.24, 2.45) is 23.2 Å². The molecular weight excluding hydrogens is 508 g/mol. The molecule has 2 aromatic carbocycles. The van der Waals surface area contributed by atoms with Gasteiger partial charge in [-0.1, -0.05) is 86.4 Å². The van der Waals surface area contributed by atoms with Gasteiger partial charge in [0.1, 0.15) is 5.75 Å². The van der Waals surface area contributed by atoms with Gasteiger partial charge < -0.3 is 4.74 Å². The van der Waals surface area contributed by atoms with Crippen molar-refractivity contribution in [3.63, 3.8) is 0 Å². The SMILES string of the molecule is CCc1cc(C2CCC(C3CCC(C)CC3)CC2)ccc1-c1cc(CC)c(OCC(CC)(CC)CC)c(CC)c1CC. The van der Waals surface area contributed by atoms with E-state index in [1.54, 1.807) is 5.56 Å². The average molecular weight is 573 g/mol. The smallest absolute Gasteiger partial charge is 0.125 e. The van der Waals surface area contributed by atoms with Crippen molar-refractivity contribution in [1.82, 2.24) is 0 Å². The summed E-state index contributed by atoms with van der Waals surface area (Å²) >= 11 is 0. The summed E-state index contributed by atoms with van der Waals surface area (Å²) in [6.07, 6.45) is 19.3. The van der Waals surface area contributed by atoms with E-state index in [1.807, 2.05) is 0 Å². The van der Waals surface area contributed by atoms with E-state index in [-0.39, 0.29) is 5.41 Å². The van der Waals surface area contributed by atoms with Crippen molar-refractivity contribution in [3.8, 4) is 16.9 Å². The molecule has 2 saturated carbocycles. The lowest BCUT2D eigenvalue weighted by atomic mass is 9.68. The Kier molecular flexibility index (Phi) is 12.1. The molecule has 0 aliphatic heterocycles. The van der Waals surface area contributed by atoms with Gasteiger partial charge in [0, 0.05) is 5.41 Å². The highest BCUT2D eigenvalue weighted by Gasteiger charge is 2.31. The van der Waals surface area contributed by atoms with Gasteiger partial charge in [-0.3, -0.25) is 0 Å². The van der Waals surface area contributed by atoms with Crippen LogP contribution in [0.3, 0.4) is 0 Å². The summed E-state index contributed by atoms with van der Waals surface area (Å²) in [6.45, 7) is 19.6. The minimum absolute atomic E-state index is 0.278. The molecule has 0 bridgehead atoms. The standard InChI is InChI=1S/C41H64O/c1-9-30-26-35(34-22-20-33(21-23-34)32-18-16-29(8)17-19-32)24-25-38(30)39-27-31(10-2)40(37(12-4)36(39)11-3)42-28-41(13-5,14-6)15-7/h24-27,29,32-34H,9-23,28H2,1-8H3. The van der Waals surface area contributed by atoms with Gasteiger partial charge >= 0.3 is 0 Å². The van der Waals surface area contributed by atoms with Gasteiger partial charge in [-0.2, -0.15) is 0 Å². The van der Waals surface area contributed by atoms with E-state index >= 15 is 0 Å². The van der Waals surface area contributed by atoms with Gasteiger partial charge in [0.15, 0.2) is 0 Å². The maximum Gasteiger partial charge on any atom is 0.125 e. The maximum atomic E-state index is 6.83. The molecule has 2 fully saturated rings. The monoisotopic (exact) mass is 572 g/mol. The van der Waals surface area contributed by atoms with E-state index in [1.165, 1.54) is 110 Å². The zero-order chi connectivity index (χ0) is 30.3. The van der Waals surface area contributed by atoms with Crippen LogP contribution in [0.2, 0.25) is 0 Å². The van der Waals surface area contributed by atoms with Crippen molar-refractivity contribution in [1.29, 1.82) is 0 Å². The highest BCUT2D eigenvalue weighted by Crippen LogP contribution is 2.45. The molecule has 2 aliphatic rings. The Labute approximate surface area is 260 Å². The number of ether oxygens (including phenoxy) is 1. The Morgan fingerprint density at radius 3 is 1.71 bits per heavy atom. The topological polar surface area (TPSA) is 9.23 Å². The summed E-state index contributed by atoms with van der Waals surface area (Å²) in [4.78, 5) is 0. The van der Waals surface area contributed by atoms with E-state index in [0.717, 1.165) is 56.0 Å². The Bertz CT molecular complexity index is 1110. The minimum Gasteiger partial charge on any atom is -0.492 e. The number of aryl methyl sites for hydroxylation is 2. The zero-order valence-corrected chi connectivity index (χ0v) is 28.8. The molecule has 0 atom stereocenters. The molecule has 0 heterocycles. The van der Waals surface area contributed by atoms with Crippen molar-refractivity contribution in [2.45, 2.75) is 158 Å². The number of rotatable bonds is 13. The molecule has 2 aromatic rings. The van der Waals surface area contributed by atoms with E-state index in [2.05, 4.69) is 79.7 Å². The van der Waals surface area contributed by atoms with Gasteiger partial charge in [-0.15, -0.1) is 0 Å². The number of hydrogen-bond donors (Lipinski definition) is 0. The predicted octanol–water partition coefficient (Wildman–Crippen LogP) is 12.3. The third-order valence-electron chi connectivity index (χ3n) is 12.2. The second-order valence-electron chi connectivity index (χ2n) is 14.2. The van der Waals surface area contributed by atoms with Gasteiger partial charge in [0.2, 0.25) is 0 Å². The van der Waals surface area contributed by atoms with Gasteiger partial charge in [-0.05, 0) is 152 Å². The van der Waals surface area contributed by atoms with Crippen LogP contribution in [-0.2, 0) is 25.7 Å². The van der Waals surface area contributed by atoms with Crippen molar-refractivity contribution in [3.05, 3.63) is 52.1 Å². The predicted molar refractivity (Wildman–Crippen MR) is 184 cm³/mol. The second kappa shape index (κ2) is 15.3. The molecule has 0 amide bonds. The third kappa shape index (κ3) is 7.13. The number of hydrogen-bond acceptors (Lipinski definition) is 1. The van der Waals surface area contributed by atoms with E-state index in [0.29, 0.717) is 0 Å². The summed E-state index contributed by atoms with van der Waals surface area (Å²) in [7, 11) is 0. The van der Waals surface area contributed by atoms with Crippen LogP contribution in [0.4, 0.5) is 0 Å². The molecule has 0 N–H and O–H groups in total. The van der Waals surface area contributed by atoms with Crippen LogP contribution in [0.15, 0.2) is 24.3 Å². The Morgan fingerprint density at radius 2 is 1.19 bits per heavy atom. The first-order valence-electron chi connectivity index (χ1n) is 18.3. The Hall–Kier alpha value is -1.76. The van der Waals surface area contributed by atoms with Gasteiger partial charge in [0.05, 0.1) is 6.61 Å². The molecule has 0 spiro atoms. The van der Waals surface area contributed by atoms with Crippen LogP contribution in [0.25, 0.3) is 11.1 Å². The fraction of sp³-hybridized carbons (Fsp3) is 0.707. The first-order valence-corrected chi connectivity index (χ1v) is 18.3. The van der Waals surface area contributed by atoms with E-state index in [4.69, 9.17) is 4.74 Å². The third-order valence-corrected chi connectivity index (χ3v) is 12.2. The number of benzene rings is 2. The summed E-state index contributed by atoms with van der Waals surface area (Å²) in [5.41, 5.74) is 10.7. The van der Waals surface area contributed by atoms with Crippen LogP contribution in [-0.4, -0.2) is 6.61 Å². The summed E-state index contributed by atoms with van der Waals surface area (Å²) in [6, 6.07) is 10.1. The molecule has 42 heavy (non-hydrogen) atoms. The molecule has 2 aliphatic carbocycles. The quantitative estimate of drug-likeness (QED) is 0.232. The average Bonchev–Trinajstić information content (AvgIpc) is 3.05. The van der Waals surface area contributed by atoms with Crippen molar-refractivity contribution in [2.75, 3.05) is 6.61 Å². The van der Waals surface area contributed by atoms with Gasteiger partial charge in [-0.25, -0.2) is 0 Å². The Balaban J connectivity index is 1.60. The summed E-state index contributed by atoms with van der Waals surface area (Å²) in [5.74, 6) is 4.91. The molecule has 1 nitrogen and oxygen atoms in total. The minimum atomic E-state index is 0.278. The Morgan fingerprint density at radius 1 is 0.619 bits per heavy atom. The summed E-state index contributed by atoms with van der Waals surface area (Å²) < 4.78 is 6.83. The molecule has 0 radical (unpaired) electrons. The zero-order valence-electron chi connectivity index (χ0n) is 28.8. The molecule has 234 valence electrons. The van der Waals surface area contributed by atoms with Crippen LogP contribution < -0.4 is 4.74 Å². The van der Waals surface area contributed by atoms with Crippen LogP contribution in [0.5, 0.6) is 5.75 Å². The highest BCUT2D eigenvalue weighted by atomic mass is 16.5. The molecule has 4 rings (SSSR count). The van der Waals surface area contributed by atoms with Crippen molar-refractivity contribution < 1.29 is 4.74 Å². The highest BCUT2D eigenvalue weighted by molar-refractivity contribution is 5.75. The molecule has 0 aromatic heterocycles. The van der Waals surface area contributed by atoms with Crippen LogP contribution >= 0.6 is 0 Å². The van der Waals surface area contributed by atoms with Crippen LogP contribution in [0.1, 0.15) is 160 Å². The first-order chi connectivity index (χ1) is 20.4. The lowest BCUT2D eigenvalue weighted by molar-refractivity contribution is 0.126. The van der Waals surface area contributed by atoms with E-state index < -0.39 is 0 Å². The molecular formula is C41H64O. The lowest BCUT2D eigenvalue weighted by Gasteiger charge is -2.37. The van der Waals surface area contributed by atoms with E-state index in [9.17, 15) is 0 Å². The maximum absolute atomic E-state index is 6.83. The molecule has 0 saturated heterocycles. The molecule has 0 unspecified atom stereocenters. The normalized spacial score (nSPS) is 23.2.